The SMILES string of the molecule is CN1CC(C(=O)COC(=O)c2ccccc2)CC2c3cccc4[nH]cc(c34)C[C@H]21. The lowest BCUT2D eigenvalue weighted by atomic mass is 9.72. The van der Waals surface area contributed by atoms with Crippen molar-refractivity contribution in [2.75, 3.05) is 20.2 Å². The summed E-state index contributed by atoms with van der Waals surface area (Å²) in [6.45, 7) is 0.543. The van der Waals surface area contributed by atoms with Crippen LogP contribution in [0.3, 0.4) is 0 Å². The predicted octanol–water partition coefficient (Wildman–Crippen LogP) is 3.55. The molecule has 148 valence electrons. The van der Waals surface area contributed by atoms with E-state index in [0.717, 1.165) is 12.8 Å². The van der Waals surface area contributed by atoms with E-state index < -0.39 is 5.97 Å². The van der Waals surface area contributed by atoms with E-state index in [1.54, 1.807) is 24.3 Å². The molecule has 1 aromatic heterocycles. The van der Waals surface area contributed by atoms with Crippen molar-refractivity contribution < 1.29 is 14.3 Å². The van der Waals surface area contributed by atoms with Gasteiger partial charge in [-0.25, -0.2) is 4.79 Å². The Morgan fingerprint density at radius 1 is 1.14 bits per heavy atom. The van der Waals surface area contributed by atoms with E-state index >= 15 is 0 Å². The van der Waals surface area contributed by atoms with Gasteiger partial charge in [-0.05, 0) is 49.2 Å². The number of carbonyl (C=O) groups is 2. The summed E-state index contributed by atoms with van der Waals surface area (Å²) >= 11 is 0. The third kappa shape index (κ3) is 3.15. The molecule has 1 aliphatic carbocycles. The lowest BCUT2D eigenvalue weighted by Crippen LogP contribution is -2.50. The number of benzene rings is 2. The molecular weight excluding hydrogens is 364 g/mol. The molecule has 2 aliphatic rings. The number of nitrogens with zero attached hydrogens (tertiary/aromatic N) is 1. The third-order valence-corrected chi connectivity index (χ3v) is 6.54. The van der Waals surface area contributed by atoms with Gasteiger partial charge in [0.2, 0.25) is 0 Å². The van der Waals surface area contributed by atoms with Crippen molar-refractivity contribution in [3.8, 4) is 0 Å². The molecule has 0 bridgehead atoms. The van der Waals surface area contributed by atoms with Crippen LogP contribution >= 0.6 is 0 Å². The van der Waals surface area contributed by atoms with Gasteiger partial charge < -0.3 is 14.6 Å². The average molecular weight is 388 g/mol. The van der Waals surface area contributed by atoms with Crippen molar-refractivity contribution in [1.29, 1.82) is 0 Å². The number of likely N-dealkylation sites (tertiary alicyclic amines) is 1. The summed E-state index contributed by atoms with van der Waals surface area (Å²) in [4.78, 5) is 30.7. The second kappa shape index (κ2) is 7.16. The molecule has 1 N–H and O–H groups in total. The number of aromatic nitrogens is 1. The van der Waals surface area contributed by atoms with Gasteiger partial charge in [0.15, 0.2) is 12.4 Å². The van der Waals surface area contributed by atoms with Gasteiger partial charge >= 0.3 is 5.97 Å². The molecule has 0 saturated carbocycles. The maximum atomic E-state index is 12.9. The van der Waals surface area contributed by atoms with Crippen molar-refractivity contribution in [1.82, 2.24) is 9.88 Å². The van der Waals surface area contributed by atoms with Gasteiger partial charge in [-0.1, -0.05) is 30.3 Å². The van der Waals surface area contributed by atoms with Gasteiger partial charge in [0.05, 0.1) is 5.56 Å². The second-order valence-corrected chi connectivity index (χ2v) is 8.24. The van der Waals surface area contributed by atoms with E-state index in [1.165, 1.54) is 22.0 Å². The van der Waals surface area contributed by atoms with Crippen LogP contribution in [0.5, 0.6) is 0 Å². The monoisotopic (exact) mass is 388 g/mol. The highest BCUT2D eigenvalue weighted by Gasteiger charge is 2.41. The molecule has 5 nitrogen and oxygen atoms in total. The highest BCUT2D eigenvalue weighted by Crippen LogP contribution is 2.44. The molecular formula is C24H24N2O3. The van der Waals surface area contributed by atoms with Crippen LogP contribution in [0.2, 0.25) is 0 Å². The molecule has 0 amide bonds. The van der Waals surface area contributed by atoms with E-state index in [4.69, 9.17) is 4.74 Å². The first-order valence-electron chi connectivity index (χ1n) is 10.2. The quantitative estimate of drug-likeness (QED) is 0.695. The fraction of sp³-hybridized carbons (Fsp3) is 0.333. The van der Waals surface area contributed by atoms with E-state index in [-0.39, 0.29) is 18.3 Å². The summed E-state index contributed by atoms with van der Waals surface area (Å²) in [7, 11) is 2.10. The van der Waals surface area contributed by atoms with Crippen molar-refractivity contribution in [3.63, 3.8) is 0 Å². The Bertz CT molecular complexity index is 1070. The first-order valence-corrected chi connectivity index (χ1v) is 10.2. The third-order valence-electron chi connectivity index (χ3n) is 6.54. The summed E-state index contributed by atoms with van der Waals surface area (Å²) in [6, 6.07) is 15.6. The molecule has 3 atom stereocenters. The molecule has 5 rings (SSSR count). The van der Waals surface area contributed by atoms with Gasteiger partial charge in [0.1, 0.15) is 0 Å². The number of hydrogen-bond donors (Lipinski definition) is 1. The Balaban J connectivity index is 1.32. The van der Waals surface area contributed by atoms with Crippen molar-refractivity contribution in [2.45, 2.75) is 24.8 Å². The summed E-state index contributed by atoms with van der Waals surface area (Å²) in [5.74, 6) is -0.243. The van der Waals surface area contributed by atoms with Crippen LogP contribution in [-0.4, -0.2) is 47.9 Å². The summed E-state index contributed by atoms with van der Waals surface area (Å²) in [5, 5.41) is 1.32. The number of hydrogen-bond acceptors (Lipinski definition) is 4. The molecule has 5 heteroatoms. The van der Waals surface area contributed by atoms with Crippen molar-refractivity contribution >= 4 is 22.7 Å². The first-order chi connectivity index (χ1) is 14.1. The van der Waals surface area contributed by atoms with E-state index in [1.807, 2.05) is 6.07 Å². The minimum Gasteiger partial charge on any atom is -0.454 e. The Labute approximate surface area is 169 Å². The van der Waals surface area contributed by atoms with Crippen molar-refractivity contribution in [2.24, 2.45) is 5.92 Å². The van der Waals surface area contributed by atoms with E-state index in [2.05, 4.69) is 41.3 Å². The Kier molecular flexibility index (Phi) is 4.47. The smallest absolute Gasteiger partial charge is 0.338 e. The standard InChI is InChI=1S/C24H24N2O3/c1-26-13-17(22(27)14-29-24(28)15-6-3-2-4-7-15)10-19-18-8-5-9-20-23(18)16(12-25-20)11-21(19)26/h2-9,12,17,19,21,25H,10-11,13-14H2,1H3/t17?,19?,21-/m1/s1. The number of fused-ring (bicyclic) bond motifs is 2. The molecule has 29 heavy (non-hydrogen) atoms. The normalized spacial score (nSPS) is 23.6. The van der Waals surface area contributed by atoms with E-state index in [0.29, 0.717) is 24.1 Å². The van der Waals surface area contributed by atoms with E-state index in [9.17, 15) is 9.59 Å². The fourth-order valence-corrected chi connectivity index (χ4v) is 5.09. The van der Waals surface area contributed by atoms with Crippen LogP contribution in [0.25, 0.3) is 10.9 Å². The van der Waals surface area contributed by atoms with Crippen molar-refractivity contribution in [3.05, 3.63) is 71.4 Å². The molecule has 3 aromatic rings. The highest BCUT2D eigenvalue weighted by atomic mass is 16.5. The molecule has 0 spiro atoms. The topological polar surface area (TPSA) is 62.4 Å². The Hall–Kier alpha value is -2.92. The Morgan fingerprint density at radius 3 is 2.79 bits per heavy atom. The second-order valence-electron chi connectivity index (χ2n) is 8.24. The number of ketones is 1. The molecule has 1 fully saturated rings. The lowest BCUT2D eigenvalue weighted by Gasteiger charge is -2.45. The van der Waals surface area contributed by atoms with Crippen LogP contribution in [0, 0.1) is 5.92 Å². The van der Waals surface area contributed by atoms with Crippen LogP contribution in [0.15, 0.2) is 54.7 Å². The number of Topliss-reactive ketones (excluding diaryl/α,β-unsaturated/α-hetero) is 1. The van der Waals surface area contributed by atoms with Gasteiger partial charge in [-0.2, -0.15) is 0 Å². The van der Waals surface area contributed by atoms with Crippen LogP contribution in [0.1, 0.15) is 33.8 Å². The number of carbonyl (C=O) groups excluding carboxylic acids is 2. The number of piperidine rings is 1. The predicted molar refractivity (Wildman–Crippen MR) is 111 cm³/mol. The van der Waals surface area contributed by atoms with Gasteiger partial charge in [-0.3, -0.25) is 4.79 Å². The number of rotatable bonds is 4. The average Bonchev–Trinajstić information content (AvgIpc) is 3.17. The molecule has 1 saturated heterocycles. The summed E-state index contributed by atoms with van der Waals surface area (Å²) < 4.78 is 5.30. The molecule has 0 radical (unpaired) electrons. The molecule has 2 heterocycles. The fourth-order valence-electron chi connectivity index (χ4n) is 5.09. The maximum absolute atomic E-state index is 12.9. The lowest BCUT2D eigenvalue weighted by molar-refractivity contribution is -0.128. The highest BCUT2D eigenvalue weighted by molar-refractivity contribution is 5.92. The van der Waals surface area contributed by atoms with Crippen LogP contribution in [-0.2, 0) is 16.0 Å². The number of H-pyrrole nitrogens is 1. The molecule has 1 aliphatic heterocycles. The molecule has 2 unspecified atom stereocenters. The number of ether oxygens (including phenoxy) is 1. The van der Waals surface area contributed by atoms with Gasteiger partial charge in [0, 0.05) is 41.5 Å². The number of esters is 1. The maximum Gasteiger partial charge on any atom is 0.338 e. The van der Waals surface area contributed by atoms with Gasteiger partial charge in [-0.15, -0.1) is 0 Å². The summed E-state index contributed by atoms with van der Waals surface area (Å²) in [5.41, 5.74) is 4.34. The van der Waals surface area contributed by atoms with Crippen LogP contribution < -0.4 is 0 Å². The Morgan fingerprint density at radius 2 is 1.97 bits per heavy atom. The zero-order valence-corrected chi connectivity index (χ0v) is 16.4. The zero-order chi connectivity index (χ0) is 20.0. The van der Waals surface area contributed by atoms with Crippen LogP contribution in [0.4, 0.5) is 0 Å². The molecule has 2 aromatic carbocycles. The first kappa shape index (κ1) is 18.1. The number of nitrogens with one attached hydrogen (secondary N) is 1. The van der Waals surface area contributed by atoms with Gasteiger partial charge in [0.25, 0.3) is 0 Å². The minimum absolute atomic E-state index is 0.00613. The number of aromatic amines is 1. The number of likely N-dealkylation sites (N-methyl/N-ethyl adjacent to an activating group) is 1. The summed E-state index contributed by atoms with van der Waals surface area (Å²) in [6.07, 6.45) is 3.93. The largest absolute Gasteiger partial charge is 0.454 e. The zero-order valence-electron chi connectivity index (χ0n) is 16.4. The minimum atomic E-state index is -0.444.